The summed E-state index contributed by atoms with van der Waals surface area (Å²) in [5.41, 5.74) is 6.27. The third-order valence-electron chi connectivity index (χ3n) is 3.94. The number of nitrogens with one attached hydrogen (secondary N) is 2. The first-order valence-electron chi connectivity index (χ1n) is 8.64. The maximum atomic E-state index is 12.7. The Balaban J connectivity index is 2.14. The van der Waals surface area contributed by atoms with Gasteiger partial charge in [0.1, 0.15) is 6.04 Å². The molecule has 1 atom stereocenters. The summed E-state index contributed by atoms with van der Waals surface area (Å²) in [5.74, 6) is -1.23. The van der Waals surface area contributed by atoms with E-state index in [1.54, 1.807) is 18.2 Å². The van der Waals surface area contributed by atoms with Crippen LogP contribution in [-0.4, -0.2) is 23.8 Å². The summed E-state index contributed by atoms with van der Waals surface area (Å²) in [5, 5.41) is 6.07. The van der Waals surface area contributed by atoms with Crippen molar-refractivity contribution in [3.05, 3.63) is 63.6 Å². The predicted octanol–water partition coefficient (Wildman–Crippen LogP) is 3.88. The second kappa shape index (κ2) is 9.57. The number of halogens is 2. The van der Waals surface area contributed by atoms with Crippen molar-refractivity contribution in [1.82, 2.24) is 5.32 Å². The summed E-state index contributed by atoms with van der Waals surface area (Å²) >= 11 is 11.9. The Morgan fingerprint density at radius 1 is 1.04 bits per heavy atom. The van der Waals surface area contributed by atoms with Gasteiger partial charge in [-0.05, 0) is 54.8 Å². The summed E-state index contributed by atoms with van der Waals surface area (Å²) in [7, 11) is 0. The number of rotatable bonds is 7. The van der Waals surface area contributed by atoms with E-state index in [9.17, 15) is 14.4 Å². The van der Waals surface area contributed by atoms with Crippen LogP contribution in [0.1, 0.15) is 41.0 Å². The molecule has 0 aliphatic carbocycles. The molecule has 0 saturated heterocycles. The van der Waals surface area contributed by atoms with E-state index in [1.807, 2.05) is 13.8 Å². The molecular weight excluding hydrogens is 401 g/mol. The van der Waals surface area contributed by atoms with Crippen molar-refractivity contribution in [2.45, 2.75) is 26.3 Å². The standard InChI is InChI=1S/C20H21Cl2N3O3/c1-11(2)9-17(25-19(27)15-8-5-13(21)10-16(15)22)20(28)24-14-6-3-12(4-7-14)18(23)26/h3-8,10-11,17H,9H2,1-2H3,(H2,23,26)(H,24,28)(H,25,27). The second-order valence-corrected chi connectivity index (χ2v) is 7.55. The van der Waals surface area contributed by atoms with Crippen LogP contribution in [0.5, 0.6) is 0 Å². The number of carbonyl (C=O) groups excluding carboxylic acids is 3. The minimum atomic E-state index is -0.768. The first kappa shape index (κ1) is 21.7. The molecule has 0 spiro atoms. The lowest BCUT2D eigenvalue weighted by Crippen LogP contribution is -2.44. The maximum absolute atomic E-state index is 12.7. The zero-order valence-electron chi connectivity index (χ0n) is 15.5. The summed E-state index contributed by atoms with van der Waals surface area (Å²) in [6, 6.07) is 9.94. The van der Waals surface area contributed by atoms with Crippen LogP contribution in [0.2, 0.25) is 10.0 Å². The van der Waals surface area contributed by atoms with Gasteiger partial charge in [-0.1, -0.05) is 37.0 Å². The van der Waals surface area contributed by atoms with Crippen LogP contribution in [0.3, 0.4) is 0 Å². The van der Waals surface area contributed by atoms with Crippen molar-refractivity contribution in [2.24, 2.45) is 11.7 Å². The first-order chi connectivity index (χ1) is 13.2. The molecular formula is C20H21Cl2N3O3. The summed E-state index contributed by atoms with van der Waals surface area (Å²) in [6.07, 6.45) is 0.433. The molecule has 3 amide bonds. The molecule has 0 heterocycles. The highest BCUT2D eigenvalue weighted by Gasteiger charge is 2.23. The van der Waals surface area contributed by atoms with Gasteiger partial charge in [0.2, 0.25) is 11.8 Å². The minimum absolute atomic E-state index is 0.161. The van der Waals surface area contributed by atoms with E-state index in [1.165, 1.54) is 24.3 Å². The van der Waals surface area contributed by atoms with Crippen molar-refractivity contribution in [3.63, 3.8) is 0 Å². The smallest absolute Gasteiger partial charge is 0.253 e. The fraction of sp³-hybridized carbons (Fsp3) is 0.250. The van der Waals surface area contributed by atoms with Crippen molar-refractivity contribution in [2.75, 3.05) is 5.32 Å². The van der Waals surface area contributed by atoms with Crippen molar-refractivity contribution in [1.29, 1.82) is 0 Å². The zero-order valence-corrected chi connectivity index (χ0v) is 17.0. The van der Waals surface area contributed by atoms with Crippen LogP contribution < -0.4 is 16.4 Å². The number of hydrogen-bond acceptors (Lipinski definition) is 3. The third-order valence-corrected chi connectivity index (χ3v) is 4.49. The second-order valence-electron chi connectivity index (χ2n) is 6.71. The predicted molar refractivity (Wildman–Crippen MR) is 111 cm³/mol. The first-order valence-corrected chi connectivity index (χ1v) is 9.39. The molecule has 2 aromatic rings. The van der Waals surface area contributed by atoms with Crippen LogP contribution >= 0.6 is 23.2 Å². The average molecular weight is 422 g/mol. The SMILES string of the molecule is CC(C)CC(NC(=O)c1ccc(Cl)cc1Cl)C(=O)Nc1ccc(C(N)=O)cc1. The van der Waals surface area contributed by atoms with Crippen LogP contribution in [0.4, 0.5) is 5.69 Å². The topological polar surface area (TPSA) is 101 Å². The fourth-order valence-electron chi connectivity index (χ4n) is 2.56. The van der Waals surface area contributed by atoms with Crippen LogP contribution in [0.15, 0.2) is 42.5 Å². The molecule has 148 valence electrons. The Labute approximate surface area is 173 Å². The Morgan fingerprint density at radius 2 is 1.68 bits per heavy atom. The summed E-state index contributed by atoms with van der Waals surface area (Å²) in [4.78, 5) is 36.4. The Morgan fingerprint density at radius 3 is 2.21 bits per heavy atom. The van der Waals surface area contributed by atoms with Gasteiger partial charge in [0, 0.05) is 16.3 Å². The van der Waals surface area contributed by atoms with E-state index in [0.717, 1.165) is 0 Å². The Hall–Kier alpha value is -2.57. The zero-order chi connectivity index (χ0) is 20.8. The molecule has 8 heteroatoms. The summed E-state index contributed by atoms with van der Waals surface area (Å²) < 4.78 is 0. The molecule has 28 heavy (non-hydrogen) atoms. The lowest BCUT2D eigenvalue weighted by molar-refractivity contribution is -0.118. The van der Waals surface area contributed by atoms with Gasteiger partial charge in [0.25, 0.3) is 5.91 Å². The number of amides is 3. The summed E-state index contributed by atoms with van der Waals surface area (Å²) in [6.45, 7) is 3.90. The monoisotopic (exact) mass is 421 g/mol. The van der Waals surface area contributed by atoms with Crippen LogP contribution in [-0.2, 0) is 4.79 Å². The molecule has 0 saturated carbocycles. The average Bonchev–Trinajstić information content (AvgIpc) is 2.61. The third kappa shape index (κ3) is 5.97. The molecule has 0 radical (unpaired) electrons. The van der Waals surface area contributed by atoms with E-state index in [2.05, 4.69) is 10.6 Å². The quantitative estimate of drug-likeness (QED) is 0.631. The molecule has 2 aromatic carbocycles. The van der Waals surface area contributed by atoms with Gasteiger partial charge in [-0.15, -0.1) is 0 Å². The van der Waals surface area contributed by atoms with E-state index >= 15 is 0 Å². The van der Waals surface area contributed by atoms with Gasteiger partial charge in [-0.3, -0.25) is 14.4 Å². The number of hydrogen-bond donors (Lipinski definition) is 3. The molecule has 1 unspecified atom stereocenters. The normalized spacial score (nSPS) is 11.8. The lowest BCUT2D eigenvalue weighted by Gasteiger charge is -2.20. The number of primary amides is 1. The van der Waals surface area contributed by atoms with Gasteiger partial charge in [-0.25, -0.2) is 0 Å². The number of carbonyl (C=O) groups is 3. The van der Waals surface area contributed by atoms with Gasteiger partial charge in [0.15, 0.2) is 0 Å². The molecule has 6 nitrogen and oxygen atoms in total. The molecule has 0 fully saturated rings. The molecule has 0 bridgehead atoms. The van der Waals surface area contributed by atoms with E-state index < -0.39 is 17.9 Å². The highest BCUT2D eigenvalue weighted by Crippen LogP contribution is 2.21. The van der Waals surface area contributed by atoms with Crippen LogP contribution in [0, 0.1) is 5.92 Å². The van der Waals surface area contributed by atoms with Crippen LogP contribution in [0.25, 0.3) is 0 Å². The number of nitrogens with two attached hydrogens (primary N) is 1. The molecule has 4 N–H and O–H groups in total. The highest BCUT2D eigenvalue weighted by atomic mass is 35.5. The molecule has 2 rings (SSSR count). The lowest BCUT2D eigenvalue weighted by atomic mass is 10.0. The molecule has 0 aliphatic heterocycles. The van der Waals surface area contributed by atoms with Gasteiger partial charge in [-0.2, -0.15) is 0 Å². The van der Waals surface area contributed by atoms with E-state index in [4.69, 9.17) is 28.9 Å². The number of benzene rings is 2. The fourth-order valence-corrected chi connectivity index (χ4v) is 3.05. The largest absolute Gasteiger partial charge is 0.366 e. The van der Waals surface area contributed by atoms with Crippen molar-refractivity contribution < 1.29 is 14.4 Å². The van der Waals surface area contributed by atoms with Gasteiger partial charge in [0.05, 0.1) is 10.6 Å². The maximum Gasteiger partial charge on any atom is 0.253 e. The Kier molecular flexibility index (Phi) is 7.43. The van der Waals surface area contributed by atoms with Crippen molar-refractivity contribution >= 4 is 46.6 Å². The van der Waals surface area contributed by atoms with Crippen molar-refractivity contribution in [3.8, 4) is 0 Å². The molecule has 0 aromatic heterocycles. The minimum Gasteiger partial charge on any atom is -0.366 e. The number of anilines is 1. The van der Waals surface area contributed by atoms with Gasteiger partial charge < -0.3 is 16.4 Å². The van der Waals surface area contributed by atoms with E-state index in [0.29, 0.717) is 22.7 Å². The Bertz CT molecular complexity index is 883. The molecule has 0 aliphatic rings. The van der Waals surface area contributed by atoms with Gasteiger partial charge >= 0.3 is 0 Å². The van der Waals surface area contributed by atoms with E-state index in [-0.39, 0.29) is 22.4 Å². The highest BCUT2D eigenvalue weighted by molar-refractivity contribution is 6.36.